The Morgan fingerprint density at radius 3 is 2.37 bits per heavy atom. The Bertz CT molecular complexity index is 1750. The molecule has 5 rings (SSSR count). The van der Waals surface area contributed by atoms with Crippen molar-refractivity contribution in [3.05, 3.63) is 89.0 Å². The summed E-state index contributed by atoms with van der Waals surface area (Å²) >= 11 is 1.36. The van der Waals surface area contributed by atoms with Crippen LogP contribution in [0.2, 0.25) is 0 Å². The van der Waals surface area contributed by atoms with E-state index >= 15 is 0 Å². The lowest BCUT2D eigenvalue weighted by molar-refractivity contribution is 0.0635. The number of ether oxygens (including phenoxy) is 2. The van der Waals surface area contributed by atoms with Gasteiger partial charge in [0.15, 0.2) is 11.4 Å². The van der Waals surface area contributed by atoms with Gasteiger partial charge in [0, 0.05) is 17.1 Å². The highest BCUT2D eigenvalue weighted by atomic mass is 32.1. The molecule has 3 heterocycles. The maximum Gasteiger partial charge on any atom is 0.412 e. The Morgan fingerprint density at radius 1 is 0.907 bits per heavy atom. The quantitative estimate of drug-likeness (QED) is 0.163. The summed E-state index contributed by atoms with van der Waals surface area (Å²) in [5.74, 6) is 1.60. The van der Waals surface area contributed by atoms with E-state index in [2.05, 4.69) is 44.7 Å². The van der Waals surface area contributed by atoms with Gasteiger partial charge in [0.1, 0.15) is 23.5 Å². The van der Waals surface area contributed by atoms with E-state index in [-0.39, 0.29) is 11.8 Å². The fourth-order valence-corrected chi connectivity index (χ4v) is 4.67. The van der Waals surface area contributed by atoms with Gasteiger partial charge in [-0.15, -0.1) is 11.3 Å². The summed E-state index contributed by atoms with van der Waals surface area (Å²) in [6.45, 7) is 9.57. The Hall–Kier alpha value is -5.03. The van der Waals surface area contributed by atoms with Crippen LogP contribution < -0.4 is 20.7 Å². The van der Waals surface area contributed by atoms with Crippen LogP contribution in [0.1, 0.15) is 55.9 Å². The molecule has 43 heavy (non-hydrogen) atoms. The van der Waals surface area contributed by atoms with Crippen LogP contribution in [-0.2, 0) is 4.74 Å². The van der Waals surface area contributed by atoms with Crippen LogP contribution in [0, 0.1) is 0 Å². The summed E-state index contributed by atoms with van der Waals surface area (Å²) in [6.07, 6.45) is 0.918. The molecule has 0 aliphatic carbocycles. The van der Waals surface area contributed by atoms with Gasteiger partial charge in [-0.2, -0.15) is 0 Å². The number of anilines is 4. The number of hydrogen-bond donors (Lipinski definition) is 3. The summed E-state index contributed by atoms with van der Waals surface area (Å²) in [5.41, 5.74) is 2.60. The predicted octanol–water partition coefficient (Wildman–Crippen LogP) is 8.34. The summed E-state index contributed by atoms with van der Waals surface area (Å²) in [5, 5.41) is 11.6. The molecule has 0 saturated carbocycles. The monoisotopic (exact) mass is 596 g/mol. The van der Waals surface area contributed by atoms with Gasteiger partial charge in [0.2, 0.25) is 0 Å². The van der Waals surface area contributed by atoms with E-state index in [1.165, 1.54) is 17.7 Å². The normalized spacial score (nSPS) is 11.3. The molecular weight excluding hydrogens is 564 g/mol. The lowest BCUT2D eigenvalue weighted by Gasteiger charge is -2.19. The second-order valence-electron chi connectivity index (χ2n) is 11.0. The molecule has 10 nitrogen and oxygen atoms in total. The molecule has 0 atom stereocenters. The number of rotatable bonds is 8. The average Bonchev–Trinajstić information content (AvgIpc) is 3.50. The first-order valence-electron chi connectivity index (χ1n) is 13.7. The molecule has 0 aliphatic heterocycles. The molecule has 0 saturated heterocycles. The highest BCUT2D eigenvalue weighted by Gasteiger charge is 2.17. The number of pyridine rings is 1. The summed E-state index contributed by atoms with van der Waals surface area (Å²) in [4.78, 5) is 39.0. The van der Waals surface area contributed by atoms with Crippen LogP contribution in [0.25, 0.3) is 11.0 Å². The number of fused-ring (bicyclic) bond motifs is 1. The molecule has 0 bridgehead atoms. The van der Waals surface area contributed by atoms with Gasteiger partial charge in [-0.25, -0.2) is 19.7 Å². The van der Waals surface area contributed by atoms with E-state index < -0.39 is 11.7 Å². The zero-order chi connectivity index (χ0) is 30.6. The first kappa shape index (κ1) is 29.5. The van der Waals surface area contributed by atoms with Crippen molar-refractivity contribution < 1.29 is 19.1 Å². The van der Waals surface area contributed by atoms with E-state index in [4.69, 9.17) is 9.47 Å². The van der Waals surface area contributed by atoms with Gasteiger partial charge in [-0.3, -0.25) is 10.1 Å². The molecule has 0 aliphatic rings. The van der Waals surface area contributed by atoms with Crippen LogP contribution >= 0.6 is 11.3 Å². The van der Waals surface area contributed by atoms with Crippen LogP contribution in [0.4, 0.5) is 27.7 Å². The number of nitrogens with zero attached hydrogens (tertiary/aromatic N) is 3. The number of nitrogens with one attached hydrogen (secondary N) is 3. The zero-order valence-corrected chi connectivity index (χ0v) is 25.3. The van der Waals surface area contributed by atoms with Crippen LogP contribution in [0.15, 0.2) is 78.4 Å². The van der Waals surface area contributed by atoms with Crippen molar-refractivity contribution in [3.63, 3.8) is 0 Å². The van der Waals surface area contributed by atoms with Gasteiger partial charge in [0.25, 0.3) is 5.91 Å². The van der Waals surface area contributed by atoms with Crippen LogP contribution in [0.5, 0.6) is 11.5 Å². The minimum Gasteiger partial charge on any atom is -0.455 e. The molecule has 3 N–H and O–H groups in total. The zero-order valence-electron chi connectivity index (χ0n) is 24.5. The van der Waals surface area contributed by atoms with E-state index in [9.17, 15) is 9.59 Å². The van der Waals surface area contributed by atoms with Crippen molar-refractivity contribution in [1.29, 1.82) is 0 Å². The number of thiophene rings is 1. The van der Waals surface area contributed by atoms with Gasteiger partial charge in [-0.1, -0.05) is 19.9 Å². The topological polar surface area (TPSA) is 127 Å². The number of aromatic nitrogens is 3. The molecule has 5 aromatic rings. The van der Waals surface area contributed by atoms with Crippen molar-refractivity contribution in [2.24, 2.45) is 0 Å². The number of amides is 2. The number of carbonyl (C=O) groups is 2. The third-order valence-corrected chi connectivity index (χ3v) is 6.94. The SMILES string of the molecule is CC(C)c1ccc2c(Nc3cc(NC(=O)c4cccs4)ccc3Oc3ccc(NC(=O)OC(C)(C)C)cc3)ncnc2n1. The van der Waals surface area contributed by atoms with Gasteiger partial charge >= 0.3 is 6.09 Å². The first-order valence-corrected chi connectivity index (χ1v) is 14.6. The van der Waals surface area contributed by atoms with Crippen molar-refractivity contribution in [2.75, 3.05) is 16.0 Å². The molecule has 3 aromatic heterocycles. The maximum atomic E-state index is 12.7. The molecule has 11 heteroatoms. The molecule has 0 unspecified atom stereocenters. The number of carbonyl (C=O) groups excluding carboxylic acids is 2. The largest absolute Gasteiger partial charge is 0.455 e. The molecule has 0 fully saturated rings. The lowest BCUT2D eigenvalue weighted by Crippen LogP contribution is -2.27. The van der Waals surface area contributed by atoms with E-state index in [0.717, 1.165) is 11.1 Å². The van der Waals surface area contributed by atoms with Crippen molar-refractivity contribution in [2.45, 2.75) is 46.1 Å². The molecule has 2 aromatic carbocycles. The van der Waals surface area contributed by atoms with E-state index in [1.54, 1.807) is 69.3 Å². The van der Waals surface area contributed by atoms with Gasteiger partial charge in [0.05, 0.1) is 16.0 Å². The Kier molecular flexibility index (Phi) is 8.53. The average molecular weight is 597 g/mol. The van der Waals surface area contributed by atoms with Gasteiger partial charge < -0.3 is 20.1 Å². The van der Waals surface area contributed by atoms with Gasteiger partial charge in [-0.05, 0) is 92.7 Å². The smallest absolute Gasteiger partial charge is 0.412 e. The highest BCUT2D eigenvalue weighted by molar-refractivity contribution is 7.12. The lowest BCUT2D eigenvalue weighted by atomic mass is 10.1. The predicted molar refractivity (Wildman–Crippen MR) is 170 cm³/mol. The second-order valence-corrected chi connectivity index (χ2v) is 12.0. The fraction of sp³-hybridized carbons (Fsp3) is 0.219. The third kappa shape index (κ3) is 7.63. The minimum atomic E-state index is -0.603. The Balaban J connectivity index is 1.43. The molecule has 0 radical (unpaired) electrons. The molecule has 0 spiro atoms. The second kappa shape index (κ2) is 12.5. The summed E-state index contributed by atoms with van der Waals surface area (Å²) in [6, 6.07) is 19.7. The van der Waals surface area contributed by atoms with E-state index in [0.29, 0.717) is 44.9 Å². The van der Waals surface area contributed by atoms with Crippen LogP contribution in [0.3, 0.4) is 0 Å². The highest BCUT2D eigenvalue weighted by Crippen LogP contribution is 2.36. The molecule has 220 valence electrons. The van der Waals surface area contributed by atoms with E-state index in [1.807, 2.05) is 23.6 Å². The fourth-order valence-electron chi connectivity index (χ4n) is 4.06. The van der Waals surface area contributed by atoms with Crippen molar-refractivity contribution >= 4 is 57.3 Å². The Morgan fingerprint density at radius 2 is 1.67 bits per heavy atom. The standard InChI is InChI=1S/C32H32N6O4S/c1-19(2)24-14-13-23-28(37-24)33-18-34-29(23)38-25-17-21(35-30(39)27-7-6-16-43-27)10-15-26(25)41-22-11-8-20(9-12-22)36-31(40)42-32(3,4)5/h6-19H,1-5H3,(H,35,39)(H,36,40)(H,33,34,37,38). The number of benzene rings is 2. The summed E-state index contributed by atoms with van der Waals surface area (Å²) in [7, 11) is 0. The van der Waals surface area contributed by atoms with Crippen LogP contribution in [-0.4, -0.2) is 32.6 Å². The maximum absolute atomic E-state index is 12.7. The van der Waals surface area contributed by atoms with Crippen molar-refractivity contribution in [1.82, 2.24) is 15.0 Å². The minimum absolute atomic E-state index is 0.208. The molecular formula is C32H32N6O4S. The summed E-state index contributed by atoms with van der Waals surface area (Å²) < 4.78 is 11.6. The third-order valence-electron chi connectivity index (χ3n) is 6.07. The Labute approximate surface area is 253 Å². The first-order chi connectivity index (χ1) is 20.5. The molecule has 2 amide bonds. The van der Waals surface area contributed by atoms with Crippen molar-refractivity contribution in [3.8, 4) is 11.5 Å². The number of hydrogen-bond acceptors (Lipinski definition) is 9.